The van der Waals surface area contributed by atoms with Gasteiger partial charge in [-0.25, -0.2) is 8.42 Å². The van der Waals surface area contributed by atoms with E-state index >= 15 is 0 Å². The Labute approximate surface area is 200 Å². The number of fused-ring (bicyclic) bond motifs is 3. The second-order valence-corrected chi connectivity index (χ2v) is 12.0. The number of ketones is 1. The highest BCUT2D eigenvalue weighted by atomic mass is 32.2. The van der Waals surface area contributed by atoms with E-state index in [9.17, 15) is 18.0 Å². The molecular formula is C26H29N3O4S. The summed E-state index contributed by atoms with van der Waals surface area (Å²) < 4.78 is 29.4. The summed E-state index contributed by atoms with van der Waals surface area (Å²) in [4.78, 5) is 32.4. The van der Waals surface area contributed by atoms with Crippen LogP contribution in [-0.4, -0.2) is 44.8 Å². The summed E-state index contributed by atoms with van der Waals surface area (Å²) in [5.74, 6) is -0.568. The summed E-state index contributed by atoms with van der Waals surface area (Å²) in [7, 11) is -2.38. The van der Waals surface area contributed by atoms with E-state index in [1.807, 2.05) is 68.4 Å². The first-order chi connectivity index (χ1) is 16.1. The van der Waals surface area contributed by atoms with Gasteiger partial charge in [0.05, 0.1) is 17.2 Å². The molecule has 2 aliphatic carbocycles. The quantitative estimate of drug-likeness (QED) is 0.713. The fourth-order valence-electron chi connectivity index (χ4n) is 6.07. The summed E-state index contributed by atoms with van der Waals surface area (Å²) in [6, 6.07) is 16.8. The normalized spacial score (nSPS) is 28.0. The third-order valence-electron chi connectivity index (χ3n) is 8.26. The first-order valence-corrected chi connectivity index (χ1v) is 13.2. The molecule has 2 saturated carbocycles. The Morgan fingerprint density at radius 2 is 1.74 bits per heavy atom. The average molecular weight is 480 g/mol. The molecule has 8 heteroatoms. The minimum absolute atomic E-state index is 0.0179. The molecular weight excluding hydrogens is 450 g/mol. The van der Waals surface area contributed by atoms with Gasteiger partial charge in [0.25, 0.3) is 5.91 Å². The van der Waals surface area contributed by atoms with Crippen molar-refractivity contribution < 1.29 is 18.0 Å². The van der Waals surface area contributed by atoms with Crippen LogP contribution in [0.3, 0.4) is 0 Å². The van der Waals surface area contributed by atoms with Crippen LogP contribution in [0.1, 0.15) is 44.2 Å². The number of hydrogen-bond donors (Lipinski definition) is 1. The topological polar surface area (TPSA) is 95.9 Å². The maximum absolute atomic E-state index is 13.4. The SMILES string of the molecule is CN1C(=O)[C@@H](NS(=O)(=O)C[C@@]23CC[C@H](CC2=O)C3(C)C)N=C(c2ccccc2)c2ccccc21. The van der Waals surface area contributed by atoms with Gasteiger partial charge < -0.3 is 4.90 Å². The molecule has 0 saturated heterocycles. The molecule has 3 atom stereocenters. The zero-order valence-corrected chi connectivity index (χ0v) is 20.4. The molecule has 2 aromatic rings. The maximum atomic E-state index is 13.4. The first kappa shape index (κ1) is 22.9. The van der Waals surface area contributed by atoms with Crippen molar-refractivity contribution in [3.05, 3.63) is 65.7 Å². The van der Waals surface area contributed by atoms with Gasteiger partial charge in [-0.05, 0) is 30.2 Å². The fourth-order valence-corrected chi connectivity index (χ4v) is 7.97. The highest BCUT2D eigenvalue weighted by Gasteiger charge is 2.65. The molecule has 34 heavy (non-hydrogen) atoms. The van der Waals surface area contributed by atoms with Crippen LogP contribution >= 0.6 is 0 Å². The standard InChI is InChI=1S/C26H29N3O4S/c1-25(2)18-13-14-26(25,21(30)15-18)16-34(32,33)28-23-24(31)29(3)20-12-8-7-11-19(20)22(27-23)17-9-5-4-6-10-17/h4-12,18,23,28H,13-16H2,1-3H3/t18-,23-,26+/m1/s1. The summed E-state index contributed by atoms with van der Waals surface area (Å²) >= 11 is 0. The predicted molar refractivity (Wildman–Crippen MR) is 131 cm³/mol. The Balaban J connectivity index is 1.53. The van der Waals surface area contributed by atoms with Gasteiger partial charge in [-0.1, -0.05) is 62.4 Å². The van der Waals surface area contributed by atoms with Gasteiger partial charge in [0.2, 0.25) is 10.0 Å². The van der Waals surface area contributed by atoms with Crippen molar-refractivity contribution in [3.63, 3.8) is 0 Å². The summed E-state index contributed by atoms with van der Waals surface area (Å²) in [6.07, 6.45) is 0.516. The number of benzene rings is 2. The monoisotopic (exact) mass is 479 g/mol. The lowest BCUT2D eigenvalue weighted by molar-refractivity contribution is -0.128. The van der Waals surface area contributed by atoms with Crippen LogP contribution in [-0.2, 0) is 19.6 Å². The average Bonchev–Trinajstić information content (AvgIpc) is 3.10. The van der Waals surface area contributed by atoms with Crippen LogP contribution in [0, 0.1) is 16.7 Å². The zero-order chi connectivity index (χ0) is 24.3. The van der Waals surface area contributed by atoms with Gasteiger partial charge >= 0.3 is 0 Å². The highest BCUT2D eigenvalue weighted by Crippen LogP contribution is 2.64. The molecule has 1 amide bonds. The Bertz CT molecular complexity index is 1300. The fraction of sp³-hybridized carbons (Fsp3) is 0.423. The molecule has 2 aromatic carbocycles. The lowest BCUT2D eigenvalue weighted by atomic mass is 9.70. The van der Waals surface area contributed by atoms with Gasteiger partial charge in [-0.15, -0.1) is 0 Å². The lowest BCUT2D eigenvalue weighted by Gasteiger charge is -2.36. The highest BCUT2D eigenvalue weighted by molar-refractivity contribution is 7.89. The van der Waals surface area contributed by atoms with E-state index in [0.717, 1.165) is 17.5 Å². The molecule has 0 unspecified atom stereocenters. The summed E-state index contributed by atoms with van der Waals surface area (Å²) in [5.41, 5.74) is 1.41. The molecule has 1 N–H and O–H groups in total. The summed E-state index contributed by atoms with van der Waals surface area (Å²) in [6.45, 7) is 4.00. The number of carbonyl (C=O) groups excluding carboxylic acids is 2. The number of nitrogens with one attached hydrogen (secondary N) is 1. The largest absolute Gasteiger partial charge is 0.312 e. The number of rotatable bonds is 5. The number of aliphatic imine (C=N–C) groups is 1. The zero-order valence-electron chi connectivity index (χ0n) is 19.6. The third-order valence-corrected chi connectivity index (χ3v) is 9.71. The van der Waals surface area contributed by atoms with Gasteiger partial charge in [-0.2, -0.15) is 4.72 Å². The molecule has 1 heterocycles. The number of sulfonamides is 1. The van der Waals surface area contributed by atoms with E-state index in [4.69, 9.17) is 0 Å². The molecule has 1 aliphatic heterocycles. The number of carbonyl (C=O) groups is 2. The number of likely N-dealkylation sites (N-methyl/N-ethyl adjacent to an activating group) is 1. The molecule has 0 aromatic heterocycles. The number of Topliss-reactive ketones (excluding diaryl/α,β-unsaturated/α-hetero) is 1. The molecule has 2 bridgehead atoms. The van der Waals surface area contributed by atoms with Crippen molar-refractivity contribution in [1.82, 2.24) is 4.72 Å². The minimum atomic E-state index is -4.00. The van der Waals surface area contributed by atoms with E-state index in [-0.39, 0.29) is 17.5 Å². The van der Waals surface area contributed by atoms with E-state index in [1.165, 1.54) is 4.90 Å². The second-order valence-electron chi connectivity index (χ2n) is 10.2. The number of amides is 1. The van der Waals surface area contributed by atoms with E-state index in [1.54, 1.807) is 7.05 Å². The molecule has 0 radical (unpaired) electrons. The Morgan fingerprint density at radius 3 is 2.38 bits per heavy atom. The Morgan fingerprint density at radius 1 is 1.06 bits per heavy atom. The smallest absolute Gasteiger partial charge is 0.267 e. The molecule has 7 nitrogen and oxygen atoms in total. The molecule has 178 valence electrons. The number of anilines is 1. The van der Waals surface area contributed by atoms with Crippen LogP contribution in [0.5, 0.6) is 0 Å². The van der Waals surface area contributed by atoms with Crippen LogP contribution < -0.4 is 9.62 Å². The Kier molecular flexibility index (Phi) is 5.29. The second kappa shape index (κ2) is 7.85. The van der Waals surface area contributed by atoms with Crippen LogP contribution in [0.15, 0.2) is 59.6 Å². The van der Waals surface area contributed by atoms with Gasteiger partial charge in [0.15, 0.2) is 6.17 Å². The molecule has 0 spiro atoms. The van der Waals surface area contributed by atoms with Crippen LogP contribution in [0.25, 0.3) is 0 Å². The van der Waals surface area contributed by atoms with E-state index in [0.29, 0.717) is 24.2 Å². The number of nitrogens with zero attached hydrogens (tertiary/aromatic N) is 2. The molecule has 3 aliphatic rings. The molecule has 5 rings (SSSR count). The Hall–Kier alpha value is -2.84. The van der Waals surface area contributed by atoms with Crippen LogP contribution in [0.2, 0.25) is 0 Å². The minimum Gasteiger partial charge on any atom is -0.312 e. The number of benzodiazepines with no additional fused rings is 1. The summed E-state index contributed by atoms with van der Waals surface area (Å²) in [5, 5.41) is 0. The van der Waals surface area contributed by atoms with E-state index in [2.05, 4.69) is 9.71 Å². The van der Waals surface area contributed by atoms with Crippen molar-refractivity contribution in [3.8, 4) is 0 Å². The van der Waals surface area contributed by atoms with Crippen LogP contribution in [0.4, 0.5) is 5.69 Å². The van der Waals surface area contributed by atoms with Gasteiger partial charge in [-0.3, -0.25) is 14.6 Å². The van der Waals surface area contributed by atoms with Crippen molar-refractivity contribution in [2.75, 3.05) is 17.7 Å². The third kappa shape index (κ3) is 3.43. The molecule has 2 fully saturated rings. The number of hydrogen-bond acceptors (Lipinski definition) is 5. The first-order valence-electron chi connectivity index (χ1n) is 11.6. The van der Waals surface area contributed by atoms with Crippen molar-refractivity contribution in [2.24, 2.45) is 21.7 Å². The van der Waals surface area contributed by atoms with Gasteiger partial charge in [0.1, 0.15) is 5.78 Å². The number of para-hydroxylation sites is 1. The van der Waals surface area contributed by atoms with Crippen molar-refractivity contribution >= 4 is 33.1 Å². The van der Waals surface area contributed by atoms with Gasteiger partial charge in [0, 0.05) is 30.0 Å². The van der Waals surface area contributed by atoms with Crippen molar-refractivity contribution in [2.45, 2.75) is 39.3 Å². The van der Waals surface area contributed by atoms with E-state index < -0.39 is 32.9 Å². The predicted octanol–water partition coefficient (Wildman–Crippen LogP) is 3.14. The van der Waals surface area contributed by atoms with Crippen molar-refractivity contribution in [1.29, 1.82) is 0 Å². The lowest BCUT2D eigenvalue weighted by Crippen LogP contribution is -2.51. The maximum Gasteiger partial charge on any atom is 0.267 e.